The summed E-state index contributed by atoms with van der Waals surface area (Å²) in [5, 5.41) is 11.7. The molecule has 0 saturated heterocycles. The van der Waals surface area contributed by atoms with Gasteiger partial charge in [-0.3, -0.25) is 4.79 Å². The van der Waals surface area contributed by atoms with Crippen molar-refractivity contribution in [1.82, 2.24) is 19.9 Å². The maximum atomic E-state index is 13.6. The third-order valence-corrected chi connectivity index (χ3v) is 4.99. The number of carboxylic acids is 1. The Kier molecular flexibility index (Phi) is 5.49. The zero-order valence-electron chi connectivity index (χ0n) is 16.3. The van der Waals surface area contributed by atoms with Gasteiger partial charge in [0.05, 0.1) is 18.6 Å². The summed E-state index contributed by atoms with van der Waals surface area (Å²) >= 11 is 0. The molecule has 0 aliphatic carbocycles. The highest BCUT2D eigenvalue weighted by Crippen LogP contribution is 2.37. The van der Waals surface area contributed by atoms with Crippen LogP contribution in [0.4, 0.5) is 30.6 Å². The van der Waals surface area contributed by atoms with Gasteiger partial charge in [-0.1, -0.05) is 12.1 Å². The van der Waals surface area contributed by atoms with Crippen LogP contribution in [0, 0.1) is 0 Å². The minimum Gasteiger partial charge on any atom is -0.481 e. The normalized spacial score (nSPS) is 13.7. The number of carbonyl (C=O) groups is 1. The standard InChI is InChI=1S/C20H19F3N6O2/c21-20(22,23)14-9-24-19(27-13-4-1-12(2-5-13)3-6-17(30)31)28-18(14)29-8-7-15-16(10-29)26-11-25-15/h1-2,4-5,9,11H,3,6-8,10H2,(H,25,26)(H,30,31)(H,24,27,28). The van der Waals surface area contributed by atoms with Crippen LogP contribution in [-0.2, 0) is 30.4 Å². The van der Waals surface area contributed by atoms with Crippen molar-refractivity contribution in [3.05, 3.63) is 59.3 Å². The highest BCUT2D eigenvalue weighted by atomic mass is 19.4. The molecule has 1 aliphatic rings. The summed E-state index contributed by atoms with van der Waals surface area (Å²) in [6, 6.07) is 6.91. The first kappa shape index (κ1) is 20.6. The van der Waals surface area contributed by atoms with Crippen LogP contribution in [0.3, 0.4) is 0 Å². The first-order valence-electron chi connectivity index (χ1n) is 9.57. The number of hydrogen-bond acceptors (Lipinski definition) is 6. The fraction of sp³-hybridized carbons (Fsp3) is 0.300. The van der Waals surface area contributed by atoms with Crippen molar-refractivity contribution in [3.63, 3.8) is 0 Å². The Morgan fingerprint density at radius 1 is 1.23 bits per heavy atom. The Hall–Kier alpha value is -3.63. The van der Waals surface area contributed by atoms with E-state index in [1.807, 2.05) is 0 Å². The highest BCUT2D eigenvalue weighted by Gasteiger charge is 2.37. The fourth-order valence-electron chi connectivity index (χ4n) is 3.40. The summed E-state index contributed by atoms with van der Waals surface area (Å²) in [7, 11) is 0. The zero-order valence-corrected chi connectivity index (χ0v) is 16.3. The van der Waals surface area contributed by atoms with E-state index in [1.165, 1.54) is 6.33 Å². The number of benzene rings is 1. The maximum absolute atomic E-state index is 13.6. The molecule has 162 valence electrons. The average molecular weight is 432 g/mol. The van der Waals surface area contributed by atoms with Gasteiger partial charge in [0, 0.05) is 37.0 Å². The van der Waals surface area contributed by atoms with Crippen LogP contribution in [0.5, 0.6) is 0 Å². The first-order valence-corrected chi connectivity index (χ1v) is 9.57. The molecule has 8 nitrogen and oxygen atoms in total. The highest BCUT2D eigenvalue weighted by molar-refractivity contribution is 5.67. The van der Waals surface area contributed by atoms with Crippen LogP contribution in [0.1, 0.15) is 28.9 Å². The van der Waals surface area contributed by atoms with Crippen molar-refractivity contribution in [1.29, 1.82) is 0 Å². The monoisotopic (exact) mass is 432 g/mol. The first-order chi connectivity index (χ1) is 14.8. The third-order valence-electron chi connectivity index (χ3n) is 4.99. The van der Waals surface area contributed by atoms with E-state index in [2.05, 4.69) is 25.3 Å². The number of rotatable bonds is 6. The van der Waals surface area contributed by atoms with Gasteiger partial charge in [0.15, 0.2) is 0 Å². The van der Waals surface area contributed by atoms with Gasteiger partial charge < -0.3 is 20.3 Å². The van der Waals surface area contributed by atoms with Crippen molar-refractivity contribution in [2.24, 2.45) is 0 Å². The molecule has 11 heteroatoms. The number of nitrogens with zero attached hydrogens (tertiary/aromatic N) is 4. The van der Waals surface area contributed by atoms with Crippen LogP contribution in [0.15, 0.2) is 36.8 Å². The number of aromatic nitrogens is 4. The second-order valence-electron chi connectivity index (χ2n) is 7.14. The van der Waals surface area contributed by atoms with E-state index in [0.29, 0.717) is 30.8 Å². The number of hydrogen-bond donors (Lipinski definition) is 3. The Morgan fingerprint density at radius 3 is 2.71 bits per heavy atom. The van der Waals surface area contributed by atoms with Crippen molar-refractivity contribution >= 4 is 23.4 Å². The Morgan fingerprint density at radius 2 is 2.00 bits per heavy atom. The summed E-state index contributed by atoms with van der Waals surface area (Å²) in [6.07, 6.45) is -1.33. The molecule has 0 radical (unpaired) electrons. The summed E-state index contributed by atoms with van der Waals surface area (Å²) in [5.41, 5.74) is 2.13. The van der Waals surface area contributed by atoms with Crippen LogP contribution >= 0.6 is 0 Å². The Labute approximate surface area is 175 Å². The minimum atomic E-state index is -4.59. The van der Waals surface area contributed by atoms with Crippen molar-refractivity contribution in [3.8, 4) is 0 Å². The number of anilines is 3. The van der Waals surface area contributed by atoms with Gasteiger partial charge in [0.1, 0.15) is 11.4 Å². The molecular weight excluding hydrogens is 413 g/mol. The number of carboxylic acid groups (broad SMARTS) is 1. The second-order valence-corrected chi connectivity index (χ2v) is 7.14. The predicted octanol–water partition coefficient (Wildman–Crippen LogP) is 3.54. The number of aryl methyl sites for hydroxylation is 1. The molecule has 4 rings (SSSR count). The van der Waals surface area contributed by atoms with E-state index >= 15 is 0 Å². The summed E-state index contributed by atoms with van der Waals surface area (Å²) in [5.74, 6) is -1.04. The van der Waals surface area contributed by atoms with E-state index in [1.54, 1.807) is 29.2 Å². The molecule has 0 fully saturated rings. The molecule has 3 heterocycles. The zero-order chi connectivity index (χ0) is 22.0. The molecule has 0 unspecified atom stereocenters. The molecule has 3 aromatic rings. The van der Waals surface area contributed by atoms with E-state index in [4.69, 9.17) is 5.11 Å². The molecule has 0 spiro atoms. The summed E-state index contributed by atoms with van der Waals surface area (Å²) < 4.78 is 40.7. The number of halogens is 3. The number of alkyl halides is 3. The van der Waals surface area contributed by atoms with E-state index in [0.717, 1.165) is 17.5 Å². The number of aromatic amines is 1. The number of nitrogens with one attached hydrogen (secondary N) is 2. The lowest BCUT2D eigenvalue weighted by Gasteiger charge is -2.29. The van der Waals surface area contributed by atoms with Gasteiger partial charge in [0.25, 0.3) is 0 Å². The number of imidazole rings is 1. The molecule has 0 saturated carbocycles. The van der Waals surface area contributed by atoms with E-state index in [9.17, 15) is 18.0 Å². The third kappa shape index (κ3) is 4.76. The van der Waals surface area contributed by atoms with Gasteiger partial charge >= 0.3 is 12.1 Å². The lowest BCUT2D eigenvalue weighted by atomic mass is 10.1. The second kappa shape index (κ2) is 8.25. The van der Waals surface area contributed by atoms with Gasteiger partial charge in [-0.05, 0) is 24.1 Å². The molecule has 31 heavy (non-hydrogen) atoms. The van der Waals surface area contributed by atoms with Crippen molar-refractivity contribution < 1.29 is 23.1 Å². The quantitative estimate of drug-likeness (QED) is 0.547. The fourth-order valence-corrected chi connectivity index (χ4v) is 3.40. The van der Waals surface area contributed by atoms with Gasteiger partial charge in [-0.15, -0.1) is 0 Å². The van der Waals surface area contributed by atoms with Crippen molar-refractivity contribution in [2.75, 3.05) is 16.8 Å². The van der Waals surface area contributed by atoms with Crippen LogP contribution in [-0.4, -0.2) is 37.6 Å². The van der Waals surface area contributed by atoms with Gasteiger partial charge in [-0.25, -0.2) is 9.97 Å². The molecule has 0 bridgehead atoms. The number of fused-ring (bicyclic) bond motifs is 1. The van der Waals surface area contributed by atoms with Crippen LogP contribution in [0.2, 0.25) is 0 Å². The van der Waals surface area contributed by atoms with Gasteiger partial charge in [0.2, 0.25) is 5.95 Å². The predicted molar refractivity (Wildman–Crippen MR) is 106 cm³/mol. The minimum absolute atomic E-state index is 0.0195. The van der Waals surface area contributed by atoms with Crippen LogP contribution in [0.25, 0.3) is 0 Å². The smallest absolute Gasteiger partial charge is 0.421 e. The topological polar surface area (TPSA) is 107 Å². The van der Waals surface area contributed by atoms with Gasteiger partial charge in [-0.2, -0.15) is 18.2 Å². The lowest BCUT2D eigenvalue weighted by Crippen LogP contribution is -2.33. The van der Waals surface area contributed by atoms with E-state index in [-0.39, 0.29) is 24.7 Å². The Balaban J connectivity index is 1.57. The molecule has 1 aromatic carbocycles. The molecule has 0 amide bonds. The lowest BCUT2D eigenvalue weighted by molar-refractivity contribution is -0.138. The van der Waals surface area contributed by atoms with Crippen LogP contribution < -0.4 is 10.2 Å². The average Bonchev–Trinajstić information content (AvgIpc) is 3.20. The SMILES string of the molecule is O=C(O)CCc1ccc(Nc2ncc(C(F)(F)F)c(N3CCc4[nH]cnc4C3)n2)cc1. The van der Waals surface area contributed by atoms with E-state index < -0.39 is 17.7 Å². The largest absolute Gasteiger partial charge is 0.481 e. The molecular formula is C20H19F3N6O2. The number of aliphatic carboxylic acids is 1. The summed E-state index contributed by atoms with van der Waals surface area (Å²) in [6.45, 7) is 0.587. The van der Waals surface area contributed by atoms with Crippen molar-refractivity contribution in [2.45, 2.75) is 32.0 Å². The molecule has 3 N–H and O–H groups in total. The summed E-state index contributed by atoms with van der Waals surface area (Å²) in [4.78, 5) is 27.4. The molecule has 2 aromatic heterocycles. The Bertz CT molecular complexity index is 1080. The maximum Gasteiger partial charge on any atom is 0.421 e. The molecule has 1 aliphatic heterocycles. The number of H-pyrrole nitrogens is 1. The molecule has 0 atom stereocenters.